The van der Waals surface area contributed by atoms with Crippen LogP contribution in [0.4, 0.5) is 13.2 Å². The van der Waals surface area contributed by atoms with E-state index in [-0.39, 0.29) is 5.75 Å². The summed E-state index contributed by atoms with van der Waals surface area (Å²) in [6.45, 7) is -3.94. The number of carboxylic acid groups (broad SMARTS) is 1. The molecule has 0 spiro atoms. The highest BCUT2D eigenvalue weighted by molar-refractivity contribution is 5.92. The molecular formula is C10H9F3O5. The Morgan fingerprint density at radius 1 is 1.00 bits per heavy atom. The SMILES string of the molecule is O=C(O)c1ccc(OCF)c(OCF)c1OCF. The van der Waals surface area contributed by atoms with Crippen molar-refractivity contribution in [2.75, 3.05) is 20.6 Å². The van der Waals surface area contributed by atoms with Gasteiger partial charge in [-0.25, -0.2) is 18.0 Å². The Hall–Kier alpha value is -2.12. The monoisotopic (exact) mass is 266 g/mol. The first kappa shape index (κ1) is 13.9. The number of hydrogen-bond donors (Lipinski definition) is 1. The Balaban J connectivity index is 3.33. The van der Waals surface area contributed by atoms with Crippen LogP contribution in [0, 0.1) is 0 Å². The van der Waals surface area contributed by atoms with Gasteiger partial charge in [0.2, 0.25) is 26.3 Å². The highest BCUT2D eigenvalue weighted by Crippen LogP contribution is 2.40. The molecule has 1 aromatic carbocycles. The number of aromatic carboxylic acids is 1. The standard InChI is InChI=1S/C10H9F3O5/c11-3-16-7-2-1-6(10(14)15)8(17-4-12)9(7)18-5-13/h1-2H,3-5H2,(H,14,15). The molecule has 0 aliphatic rings. The second-order valence-corrected chi connectivity index (χ2v) is 2.83. The molecule has 0 radical (unpaired) electrons. The summed E-state index contributed by atoms with van der Waals surface area (Å²) in [5.41, 5.74) is -0.456. The molecule has 0 atom stereocenters. The summed E-state index contributed by atoms with van der Waals surface area (Å²) in [6, 6.07) is 2.06. The fourth-order valence-electron chi connectivity index (χ4n) is 1.27. The summed E-state index contributed by atoms with van der Waals surface area (Å²) >= 11 is 0. The normalized spacial score (nSPS) is 9.94. The van der Waals surface area contributed by atoms with Gasteiger partial charge in [-0.2, -0.15) is 0 Å². The zero-order valence-corrected chi connectivity index (χ0v) is 8.99. The third-order valence-corrected chi connectivity index (χ3v) is 1.91. The molecule has 0 saturated heterocycles. The van der Waals surface area contributed by atoms with E-state index in [1.165, 1.54) is 0 Å². The number of ether oxygens (including phenoxy) is 3. The molecule has 0 aliphatic heterocycles. The topological polar surface area (TPSA) is 65.0 Å². The zero-order valence-electron chi connectivity index (χ0n) is 8.99. The largest absolute Gasteiger partial charge is 0.478 e. The molecule has 0 aromatic heterocycles. The molecule has 18 heavy (non-hydrogen) atoms. The van der Waals surface area contributed by atoms with E-state index in [4.69, 9.17) is 5.11 Å². The van der Waals surface area contributed by atoms with Gasteiger partial charge in [0, 0.05) is 0 Å². The summed E-state index contributed by atoms with van der Waals surface area (Å²) < 4.78 is 49.8. The van der Waals surface area contributed by atoms with Crippen molar-refractivity contribution in [2.24, 2.45) is 0 Å². The van der Waals surface area contributed by atoms with E-state index >= 15 is 0 Å². The highest BCUT2D eigenvalue weighted by Gasteiger charge is 2.22. The minimum Gasteiger partial charge on any atom is -0.478 e. The minimum absolute atomic E-state index is 0.288. The average molecular weight is 266 g/mol. The minimum atomic E-state index is -1.44. The van der Waals surface area contributed by atoms with Crippen molar-refractivity contribution in [2.45, 2.75) is 0 Å². The third-order valence-electron chi connectivity index (χ3n) is 1.91. The van der Waals surface area contributed by atoms with Gasteiger partial charge in [-0.1, -0.05) is 0 Å². The highest BCUT2D eigenvalue weighted by atomic mass is 19.1. The van der Waals surface area contributed by atoms with Crippen LogP contribution in [0.15, 0.2) is 12.1 Å². The van der Waals surface area contributed by atoms with Crippen LogP contribution in [0.2, 0.25) is 0 Å². The molecule has 0 amide bonds. The number of alkyl halides is 3. The maximum Gasteiger partial charge on any atom is 0.339 e. The number of halogens is 3. The van der Waals surface area contributed by atoms with Gasteiger partial charge in [0.15, 0.2) is 11.5 Å². The average Bonchev–Trinajstić information content (AvgIpc) is 2.33. The van der Waals surface area contributed by atoms with Gasteiger partial charge in [0.05, 0.1) is 0 Å². The molecular weight excluding hydrogens is 257 g/mol. The van der Waals surface area contributed by atoms with E-state index in [0.29, 0.717) is 0 Å². The lowest BCUT2D eigenvalue weighted by molar-refractivity contribution is 0.0685. The smallest absolute Gasteiger partial charge is 0.339 e. The van der Waals surface area contributed by atoms with Crippen molar-refractivity contribution < 1.29 is 37.3 Å². The van der Waals surface area contributed by atoms with Crippen LogP contribution in [0.5, 0.6) is 17.2 Å². The molecule has 8 heteroatoms. The maximum atomic E-state index is 12.2. The molecule has 1 aromatic rings. The molecule has 0 heterocycles. The number of carbonyl (C=O) groups is 1. The van der Waals surface area contributed by atoms with Crippen LogP contribution in [0.25, 0.3) is 0 Å². The quantitative estimate of drug-likeness (QED) is 0.820. The van der Waals surface area contributed by atoms with E-state index in [9.17, 15) is 18.0 Å². The maximum absolute atomic E-state index is 12.2. The van der Waals surface area contributed by atoms with Gasteiger partial charge in [0.1, 0.15) is 5.56 Å². The van der Waals surface area contributed by atoms with Crippen molar-refractivity contribution in [1.82, 2.24) is 0 Å². The molecule has 1 rings (SSSR count). The summed E-state index contributed by atoms with van der Waals surface area (Å²) in [7, 11) is 0. The fraction of sp³-hybridized carbons (Fsp3) is 0.300. The van der Waals surface area contributed by atoms with Crippen LogP contribution in [0.3, 0.4) is 0 Å². The lowest BCUT2D eigenvalue weighted by Gasteiger charge is -2.14. The Morgan fingerprint density at radius 2 is 1.56 bits per heavy atom. The van der Waals surface area contributed by atoms with Gasteiger partial charge in [-0.3, -0.25) is 0 Å². The van der Waals surface area contributed by atoms with Crippen molar-refractivity contribution in [3.8, 4) is 17.2 Å². The predicted octanol–water partition coefficient (Wildman–Crippen LogP) is 2.30. The number of benzene rings is 1. The second-order valence-electron chi connectivity index (χ2n) is 2.83. The van der Waals surface area contributed by atoms with Crippen LogP contribution in [-0.4, -0.2) is 31.7 Å². The third kappa shape index (κ3) is 2.96. The molecule has 0 unspecified atom stereocenters. The van der Waals surface area contributed by atoms with Gasteiger partial charge in [-0.05, 0) is 12.1 Å². The molecule has 5 nitrogen and oxygen atoms in total. The van der Waals surface area contributed by atoms with E-state index in [0.717, 1.165) is 12.1 Å². The summed E-state index contributed by atoms with van der Waals surface area (Å²) in [6.07, 6.45) is 0. The summed E-state index contributed by atoms with van der Waals surface area (Å²) in [5, 5.41) is 8.84. The Labute approximate surface area is 99.7 Å². The van der Waals surface area contributed by atoms with Gasteiger partial charge in [-0.15, -0.1) is 0 Å². The number of hydrogen-bond acceptors (Lipinski definition) is 4. The van der Waals surface area contributed by atoms with Gasteiger partial charge < -0.3 is 19.3 Å². The second kappa shape index (κ2) is 6.58. The van der Waals surface area contributed by atoms with Crippen molar-refractivity contribution in [3.63, 3.8) is 0 Å². The first-order valence-electron chi connectivity index (χ1n) is 4.62. The molecule has 100 valence electrons. The lowest BCUT2D eigenvalue weighted by atomic mass is 10.1. The fourth-order valence-corrected chi connectivity index (χ4v) is 1.27. The Kier molecular flexibility index (Phi) is 5.09. The van der Waals surface area contributed by atoms with Crippen LogP contribution < -0.4 is 14.2 Å². The summed E-state index contributed by atoms with van der Waals surface area (Å²) in [4.78, 5) is 10.9. The van der Waals surface area contributed by atoms with E-state index < -0.39 is 43.6 Å². The molecule has 0 aliphatic carbocycles. The molecule has 0 bridgehead atoms. The lowest BCUT2D eigenvalue weighted by Crippen LogP contribution is -2.07. The first-order valence-corrected chi connectivity index (χ1v) is 4.62. The van der Waals surface area contributed by atoms with Gasteiger partial charge in [0.25, 0.3) is 0 Å². The molecule has 0 saturated carbocycles. The van der Waals surface area contributed by atoms with E-state index in [1.807, 2.05) is 0 Å². The van der Waals surface area contributed by atoms with Crippen molar-refractivity contribution >= 4 is 5.97 Å². The number of carboxylic acids is 1. The molecule has 1 N–H and O–H groups in total. The van der Waals surface area contributed by atoms with Crippen LogP contribution in [-0.2, 0) is 0 Å². The van der Waals surface area contributed by atoms with E-state index in [1.54, 1.807) is 0 Å². The molecule has 0 fully saturated rings. The number of rotatable bonds is 7. The van der Waals surface area contributed by atoms with Crippen molar-refractivity contribution in [1.29, 1.82) is 0 Å². The van der Waals surface area contributed by atoms with Crippen molar-refractivity contribution in [3.05, 3.63) is 17.7 Å². The van der Waals surface area contributed by atoms with Gasteiger partial charge >= 0.3 is 5.97 Å². The Morgan fingerprint density at radius 3 is 2.06 bits per heavy atom. The predicted molar refractivity (Wildman–Crippen MR) is 53.2 cm³/mol. The summed E-state index contributed by atoms with van der Waals surface area (Å²) in [5.74, 6) is -2.79. The Bertz CT molecular complexity index is 424. The van der Waals surface area contributed by atoms with E-state index in [2.05, 4.69) is 14.2 Å². The van der Waals surface area contributed by atoms with Crippen LogP contribution >= 0.6 is 0 Å². The zero-order chi connectivity index (χ0) is 13.5. The van der Waals surface area contributed by atoms with Crippen LogP contribution in [0.1, 0.15) is 10.4 Å². The first-order chi connectivity index (χ1) is 8.65.